The Hall–Kier alpha value is -3.41. The minimum absolute atomic E-state index is 0.0592. The first-order chi connectivity index (χ1) is 14.9. The van der Waals surface area contributed by atoms with Crippen LogP contribution in [0.3, 0.4) is 0 Å². The van der Waals surface area contributed by atoms with Crippen molar-refractivity contribution in [3.8, 4) is 17.1 Å². The average Bonchev–Trinajstić information content (AvgIpc) is 2.67. The van der Waals surface area contributed by atoms with Crippen LogP contribution in [0.5, 0.6) is 5.75 Å². The number of anilines is 3. The molecule has 2 aromatic carbocycles. The molecular weight excluding hydrogens is 388 g/mol. The van der Waals surface area contributed by atoms with Crippen LogP contribution in [0, 0.1) is 5.92 Å². The first-order valence-corrected chi connectivity index (χ1v) is 10.7. The summed E-state index contributed by atoms with van der Waals surface area (Å²) in [6.45, 7) is 6.27. The van der Waals surface area contributed by atoms with Gasteiger partial charge in [0.05, 0.1) is 5.92 Å². The summed E-state index contributed by atoms with van der Waals surface area (Å²) >= 11 is 0. The number of rotatable bonds is 6. The van der Waals surface area contributed by atoms with Gasteiger partial charge in [0.2, 0.25) is 0 Å². The van der Waals surface area contributed by atoms with Crippen LogP contribution in [0.15, 0.2) is 60.7 Å². The summed E-state index contributed by atoms with van der Waals surface area (Å²) in [6, 6.07) is 19.1. The van der Waals surface area contributed by atoms with E-state index in [0.29, 0.717) is 17.4 Å². The summed E-state index contributed by atoms with van der Waals surface area (Å²) in [5.41, 5.74) is 1.66. The zero-order valence-corrected chi connectivity index (χ0v) is 18.2. The van der Waals surface area contributed by atoms with Crippen LogP contribution in [0.2, 0.25) is 0 Å². The van der Waals surface area contributed by atoms with Gasteiger partial charge in [0, 0.05) is 22.9 Å². The second-order valence-electron chi connectivity index (χ2n) is 8.90. The highest BCUT2D eigenvalue weighted by Crippen LogP contribution is 2.29. The summed E-state index contributed by atoms with van der Waals surface area (Å²) in [4.78, 5) is 21.4. The number of benzene rings is 2. The average molecular weight is 417 g/mol. The molecule has 4 rings (SSSR count). The first kappa shape index (κ1) is 20.8. The van der Waals surface area contributed by atoms with Gasteiger partial charge in [-0.2, -0.15) is 0 Å². The molecule has 6 nitrogen and oxygen atoms in total. The molecule has 0 spiro atoms. The van der Waals surface area contributed by atoms with E-state index in [4.69, 9.17) is 9.72 Å². The molecule has 1 fully saturated rings. The molecule has 2 N–H and O–H groups in total. The maximum Gasteiger partial charge on any atom is 0.314 e. The van der Waals surface area contributed by atoms with Gasteiger partial charge < -0.3 is 15.4 Å². The van der Waals surface area contributed by atoms with E-state index in [1.54, 1.807) is 12.1 Å². The first-order valence-electron chi connectivity index (χ1n) is 10.7. The Balaban J connectivity index is 1.53. The van der Waals surface area contributed by atoms with Crippen LogP contribution in [-0.2, 0) is 4.79 Å². The summed E-state index contributed by atoms with van der Waals surface area (Å²) in [7, 11) is 0. The van der Waals surface area contributed by atoms with E-state index in [2.05, 4.69) is 36.4 Å². The van der Waals surface area contributed by atoms with Crippen molar-refractivity contribution in [1.29, 1.82) is 0 Å². The van der Waals surface area contributed by atoms with Gasteiger partial charge in [0.25, 0.3) is 0 Å². The van der Waals surface area contributed by atoms with E-state index in [-0.39, 0.29) is 17.4 Å². The highest BCUT2D eigenvalue weighted by Gasteiger charge is 2.27. The fraction of sp³-hybridized carbons (Fsp3) is 0.320. The maximum atomic E-state index is 12.0. The molecule has 1 aliphatic rings. The van der Waals surface area contributed by atoms with E-state index >= 15 is 0 Å². The van der Waals surface area contributed by atoms with Gasteiger partial charge in [-0.25, -0.2) is 9.97 Å². The molecule has 3 aromatic rings. The van der Waals surface area contributed by atoms with Crippen LogP contribution in [0.4, 0.5) is 17.3 Å². The van der Waals surface area contributed by atoms with Gasteiger partial charge >= 0.3 is 5.97 Å². The normalized spacial score (nSPS) is 13.9. The predicted octanol–water partition coefficient (Wildman–Crippen LogP) is 5.80. The summed E-state index contributed by atoms with van der Waals surface area (Å²) in [6.07, 6.45) is 2.97. The Morgan fingerprint density at radius 2 is 1.65 bits per heavy atom. The predicted molar refractivity (Wildman–Crippen MR) is 124 cm³/mol. The van der Waals surface area contributed by atoms with Gasteiger partial charge in [-0.15, -0.1) is 0 Å². The Kier molecular flexibility index (Phi) is 5.89. The Morgan fingerprint density at radius 3 is 2.26 bits per heavy atom. The second kappa shape index (κ2) is 8.76. The summed E-state index contributed by atoms with van der Waals surface area (Å²) in [5, 5.41) is 6.76. The molecular formula is C25H28N4O2. The van der Waals surface area contributed by atoms with Crippen molar-refractivity contribution in [1.82, 2.24) is 9.97 Å². The molecule has 0 radical (unpaired) electrons. The second-order valence-corrected chi connectivity index (χ2v) is 8.90. The van der Waals surface area contributed by atoms with E-state index < -0.39 is 0 Å². The summed E-state index contributed by atoms with van der Waals surface area (Å²) in [5.74, 6) is 2.56. The van der Waals surface area contributed by atoms with Gasteiger partial charge in [-0.05, 0) is 57.9 Å². The number of nitrogens with one attached hydrogen (secondary N) is 2. The van der Waals surface area contributed by atoms with Crippen molar-refractivity contribution < 1.29 is 9.53 Å². The molecule has 1 saturated carbocycles. The minimum atomic E-state index is -0.133. The molecule has 0 unspecified atom stereocenters. The summed E-state index contributed by atoms with van der Waals surface area (Å²) < 4.78 is 5.47. The Bertz CT molecular complexity index is 1040. The van der Waals surface area contributed by atoms with Crippen molar-refractivity contribution in [3.05, 3.63) is 60.7 Å². The molecule has 1 aromatic heterocycles. The monoisotopic (exact) mass is 416 g/mol. The number of nitrogens with zero attached hydrogens (tertiary/aromatic N) is 2. The number of ether oxygens (including phenoxy) is 1. The van der Waals surface area contributed by atoms with Gasteiger partial charge in [-0.3, -0.25) is 4.79 Å². The highest BCUT2D eigenvalue weighted by atomic mass is 16.5. The fourth-order valence-electron chi connectivity index (χ4n) is 3.27. The van der Waals surface area contributed by atoms with Crippen LogP contribution in [-0.4, -0.2) is 21.5 Å². The zero-order valence-electron chi connectivity index (χ0n) is 18.2. The third-order valence-electron chi connectivity index (χ3n) is 5.04. The number of carbonyl (C=O) groups is 1. The third kappa shape index (κ3) is 5.60. The van der Waals surface area contributed by atoms with E-state index in [0.717, 1.165) is 36.3 Å². The number of hydrogen-bond donors (Lipinski definition) is 2. The smallest absolute Gasteiger partial charge is 0.314 e. The zero-order chi connectivity index (χ0) is 21.8. The van der Waals surface area contributed by atoms with Crippen LogP contribution >= 0.6 is 0 Å². The van der Waals surface area contributed by atoms with E-state index in [9.17, 15) is 4.79 Å². The van der Waals surface area contributed by atoms with E-state index in [1.807, 2.05) is 48.5 Å². The maximum absolute atomic E-state index is 12.0. The van der Waals surface area contributed by atoms with Crippen molar-refractivity contribution >= 4 is 23.3 Å². The molecule has 1 heterocycles. The van der Waals surface area contributed by atoms with Crippen molar-refractivity contribution in [2.24, 2.45) is 5.92 Å². The van der Waals surface area contributed by atoms with Gasteiger partial charge in [0.1, 0.15) is 17.4 Å². The standard InChI is InChI=1S/C25H28N4O2/c1-25(2,3)29-22-16-21(27-23(28-22)17-8-5-4-6-9-17)26-19-12-14-20(15-13-19)31-24(30)18-10-7-11-18/h4-6,8-9,12-16,18H,7,10-11H2,1-3H3,(H2,26,27,28,29). The lowest BCUT2D eigenvalue weighted by molar-refractivity contribution is -0.141. The molecule has 0 amide bonds. The SMILES string of the molecule is CC(C)(C)Nc1cc(Nc2ccc(OC(=O)C3CCC3)cc2)nc(-c2ccccc2)n1. The molecule has 0 saturated heterocycles. The topological polar surface area (TPSA) is 76.1 Å². The van der Waals surface area contributed by atoms with Crippen molar-refractivity contribution in [2.75, 3.05) is 10.6 Å². The van der Waals surface area contributed by atoms with E-state index in [1.165, 1.54) is 0 Å². The molecule has 6 heteroatoms. The highest BCUT2D eigenvalue weighted by molar-refractivity contribution is 5.76. The fourth-order valence-corrected chi connectivity index (χ4v) is 3.27. The van der Waals surface area contributed by atoms with Crippen LogP contribution in [0.1, 0.15) is 40.0 Å². The molecule has 0 bridgehead atoms. The molecule has 160 valence electrons. The van der Waals surface area contributed by atoms with Gasteiger partial charge in [-0.1, -0.05) is 36.8 Å². The Labute approximate surface area is 183 Å². The molecule has 0 aliphatic heterocycles. The number of aromatic nitrogens is 2. The third-order valence-corrected chi connectivity index (χ3v) is 5.04. The van der Waals surface area contributed by atoms with Crippen molar-refractivity contribution in [2.45, 2.75) is 45.6 Å². The van der Waals surface area contributed by atoms with Crippen LogP contribution in [0.25, 0.3) is 11.4 Å². The minimum Gasteiger partial charge on any atom is -0.426 e. The largest absolute Gasteiger partial charge is 0.426 e. The van der Waals surface area contributed by atoms with Crippen LogP contribution < -0.4 is 15.4 Å². The number of esters is 1. The lowest BCUT2D eigenvalue weighted by atomic mass is 9.86. The number of hydrogen-bond acceptors (Lipinski definition) is 6. The molecule has 31 heavy (non-hydrogen) atoms. The molecule has 1 aliphatic carbocycles. The van der Waals surface area contributed by atoms with Crippen molar-refractivity contribution in [3.63, 3.8) is 0 Å². The quantitative estimate of drug-likeness (QED) is 0.390. The lowest BCUT2D eigenvalue weighted by Crippen LogP contribution is -2.26. The lowest BCUT2D eigenvalue weighted by Gasteiger charge is -2.23. The molecule has 0 atom stereocenters. The Morgan fingerprint density at radius 1 is 0.968 bits per heavy atom. The number of carbonyl (C=O) groups excluding carboxylic acids is 1. The van der Waals surface area contributed by atoms with Gasteiger partial charge in [0.15, 0.2) is 5.82 Å².